The van der Waals surface area contributed by atoms with Gasteiger partial charge < -0.3 is 14.8 Å². The van der Waals surface area contributed by atoms with Crippen LogP contribution in [0.4, 0.5) is 0 Å². The first kappa shape index (κ1) is 16.0. The molecule has 2 rings (SSSR count). The van der Waals surface area contributed by atoms with E-state index in [4.69, 9.17) is 21.7 Å². The Kier molecular flexibility index (Phi) is 5.81. The van der Waals surface area contributed by atoms with Crippen LogP contribution in [-0.4, -0.2) is 19.2 Å². The van der Waals surface area contributed by atoms with E-state index in [9.17, 15) is 0 Å². The van der Waals surface area contributed by atoms with Crippen molar-refractivity contribution in [3.63, 3.8) is 0 Å². The van der Waals surface area contributed by atoms with Gasteiger partial charge in [0.05, 0.1) is 14.2 Å². The van der Waals surface area contributed by atoms with Crippen LogP contribution in [0, 0.1) is 3.57 Å². The zero-order valence-electron chi connectivity index (χ0n) is 11.9. The fourth-order valence-electron chi connectivity index (χ4n) is 1.90. The molecule has 2 aromatic rings. The summed E-state index contributed by atoms with van der Waals surface area (Å²) in [6.07, 6.45) is 0. The van der Waals surface area contributed by atoms with Gasteiger partial charge >= 0.3 is 0 Å². The molecule has 2 aromatic carbocycles. The molecule has 0 atom stereocenters. The third-order valence-electron chi connectivity index (χ3n) is 3.03. The van der Waals surface area contributed by atoms with Gasteiger partial charge in [-0.2, -0.15) is 0 Å². The Labute approximate surface area is 143 Å². The van der Waals surface area contributed by atoms with Gasteiger partial charge in [-0.1, -0.05) is 42.5 Å². The predicted molar refractivity (Wildman–Crippen MR) is 97.2 cm³/mol. The summed E-state index contributed by atoms with van der Waals surface area (Å²) in [6, 6.07) is 13.9. The highest BCUT2D eigenvalue weighted by Crippen LogP contribution is 2.31. The number of benzene rings is 2. The normalized spacial score (nSPS) is 10.0. The topological polar surface area (TPSA) is 30.5 Å². The summed E-state index contributed by atoms with van der Waals surface area (Å²) < 4.78 is 11.7. The van der Waals surface area contributed by atoms with Gasteiger partial charge in [-0.15, -0.1) is 0 Å². The summed E-state index contributed by atoms with van der Waals surface area (Å²) in [5, 5.41) is 3.28. The van der Waals surface area contributed by atoms with Gasteiger partial charge in [0.2, 0.25) is 0 Å². The molecule has 0 bridgehead atoms. The van der Waals surface area contributed by atoms with E-state index in [1.165, 1.54) is 0 Å². The SMILES string of the molecule is COc1cc(I)c(CNC(=S)c2ccccc2)cc1OC. The Morgan fingerprint density at radius 3 is 2.33 bits per heavy atom. The second-order valence-electron chi connectivity index (χ2n) is 4.35. The molecule has 0 aromatic heterocycles. The Balaban J connectivity index is 2.11. The average Bonchev–Trinajstić information content (AvgIpc) is 2.53. The van der Waals surface area contributed by atoms with Crippen molar-refractivity contribution < 1.29 is 9.47 Å². The lowest BCUT2D eigenvalue weighted by Gasteiger charge is -2.13. The molecule has 5 heteroatoms. The van der Waals surface area contributed by atoms with Crippen LogP contribution < -0.4 is 14.8 Å². The van der Waals surface area contributed by atoms with Gasteiger partial charge in [-0.05, 0) is 40.3 Å². The first-order chi connectivity index (χ1) is 10.2. The zero-order chi connectivity index (χ0) is 15.2. The lowest BCUT2D eigenvalue weighted by Crippen LogP contribution is -2.22. The van der Waals surface area contributed by atoms with E-state index in [0.29, 0.717) is 6.54 Å². The van der Waals surface area contributed by atoms with Crippen LogP contribution in [0.15, 0.2) is 42.5 Å². The molecule has 0 radical (unpaired) electrons. The minimum atomic E-state index is 0.645. The summed E-state index contributed by atoms with van der Waals surface area (Å²) in [5.74, 6) is 1.46. The van der Waals surface area contributed by atoms with E-state index in [0.717, 1.165) is 31.2 Å². The highest BCUT2D eigenvalue weighted by molar-refractivity contribution is 14.1. The number of rotatable bonds is 5. The molecule has 0 saturated heterocycles. The van der Waals surface area contributed by atoms with Crippen LogP contribution in [0.3, 0.4) is 0 Å². The maximum atomic E-state index is 5.40. The van der Waals surface area contributed by atoms with E-state index < -0.39 is 0 Å². The Bertz CT molecular complexity index is 632. The molecule has 0 aliphatic heterocycles. The van der Waals surface area contributed by atoms with Crippen LogP contribution >= 0.6 is 34.8 Å². The van der Waals surface area contributed by atoms with Crippen LogP contribution in [0.2, 0.25) is 0 Å². The highest BCUT2D eigenvalue weighted by atomic mass is 127. The fraction of sp³-hybridized carbons (Fsp3) is 0.188. The molecular formula is C16H16INO2S. The molecule has 0 fully saturated rings. The van der Waals surface area contributed by atoms with Crippen molar-refractivity contribution in [3.8, 4) is 11.5 Å². The van der Waals surface area contributed by atoms with Crippen LogP contribution in [0.25, 0.3) is 0 Å². The molecular weight excluding hydrogens is 397 g/mol. The van der Waals surface area contributed by atoms with E-state index in [-0.39, 0.29) is 0 Å². The third kappa shape index (κ3) is 4.07. The molecule has 0 aliphatic rings. The number of methoxy groups -OCH3 is 2. The van der Waals surface area contributed by atoms with E-state index in [1.807, 2.05) is 42.5 Å². The Hall–Kier alpha value is -1.34. The fourth-order valence-corrected chi connectivity index (χ4v) is 2.74. The molecule has 21 heavy (non-hydrogen) atoms. The molecule has 110 valence electrons. The van der Waals surface area contributed by atoms with Crippen molar-refractivity contribution in [2.75, 3.05) is 14.2 Å². The number of hydrogen-bond acceptors (Lipinski definition) is 3. The summed E-state index contributed by atoms with van der Waals surface area (Å²) in [6.45, 7) is 0.645. The third-order valence-corrected chi connectivity index (χ3v) is 4.41. The van der Waals surface area contributed by atoms with E-state index in [2.05, 4.69) is 27.9 Å². The monoisotopic (exact) mass is 413 g/mol. The van der Waals surface area contributed by atoms with Gasteiger partial charge in [0.25, 0.3) is 0 Å². The summed E-state index contributed by atoms with van der Waals surface area (Å²) in [7, 11) is 3.27. The standard InChI is InChI=1S/C16H16INO2S/c1-19-14-8-12(13(17)9-15(14)20-2)10-18-16(21)11-6-4-3-5-7-11/h3-9H,10H2,1-2H3,(H,18,21). The minimum Gasteiger partial charge on any atom is -0.493 e. The number of nitrogens with one attached hydrogen (secondary N) is 1. The average molecular weight is 413 g/mol. The molecule has 0 amide bonds. The molecule has 0 spiro atoms. The van der Waals surface area contributed by atoms with Crippen molar-refractivity contribution in [1.29, 1.82) is 0 Å². The molecule has 0 heterocycles. The van der Waals surface area contributed by atoms with E-state index in [1.54, 1.807) is 14.2 Å². The smallest absolute Gasteiger partial charge is 0.161 e. The Morgan fingerprint density at radius 2 is 1.71 bits per heavy atom. The maximum Gasteiger partial charge on any atom is 0.161 e. The van der Waals surface area contributed by atoms with Crippen molar-refractivity contribution in [2.45, 2.75) is 6.54 Å². The highest BCUT2D eigenvalue weighted by Gasteiger charge is 2.10. The Morgan fingerprint density at radius 1 is 1.10 bits per heavy atom. The van der Waals surface area contributed by atoms with Gasteiger partial charge in [-0.3, -0.25) is 0 Å². The quantitative estimate of drug-likeness (QED) is 0.597. The largest absolute Gasteiger partial charge is 0.493 e. The first-order valence-electron chi connectivity index (χ1n) is 6.39. The molecule has 1 N–H and O–H groups in total. The number of ether oxygens (including phenoxy) is 2. The van der Waals surface area contributed by atoms with Crippen molar-refractivity contribution in [3.05, 3.63) is 57.2 Å². The van der Waals surface area contributed by atoms with Crippen LogP contribution in [0.1, 0.15) is 11.1 Å². The van der Waals surface area contributed by atoms with Crippen molar-refractivity contribution >= 4 is 39.8 Å². The van der Waals surface area contributed by atoms with Crippen LogP contribution in [0.5, 0.6) is 11.5 Å². The van der Waals surface area contributed by atoms with Crippen molar-refractivity contribution in [1.82, 2.24) is 5.32 Å². The molecule has 3 nitrogen and oxygen atoms in total. The first-order valence-corrected chi connectivity index (χ1v) is 7.88. The van der Waals surface area contributed by atoms with Gasteiger partial charge in [-0.25, -0.2) is 0 Å². The minimum absolute atomic E-state index is 0.645. The number of hydrogen-bond donors (Lipinski definition) is 1. The van der Waals surface area contributed by atoms with Gasteiger partial charge in [0.15, 0.2) is 11.5 Å². The van der Waals surface area contributed by atoms with Gasteiger partial charge in [0, 0.05) is 15.7 Å². The zero-order valence-corrected chi connectivity index (χ0v) is 14.8. The summed E-state index contributed by atoms with van der Waals surface area (Å²) in [4.78, 5) is 0.737. The second kappa shape index (κ2) is 7.61. The predicted octanol–water partition coefficient (Wildman–Crippen LogP) is 3.77. The lowest BCUT2D eigenvalue weighted by atomic mass is 10.2. The van der Waals surface area contributed by atoms with Crippen molar-refractivity contribution in [2.24, 2.45) is 0 Å². The van der Waals surface area contributed by atoms with E-state index >= 15 is 0 Å². The molecule has 0 unspecified atom stereocenters. The molecule has 0 aliphatic carbocycles. The van der Waals surface area contributed by atoms with Gasteiger partial charge in [0.1, 0.15) is 4.99 Å². The van der Waals surface area contributed by atoms with Crippen LogP contribution in [-0.2, 0) is 6.54 Å². The lowest BCUT2D eigenvalue weighted by molar-refractivity contribution is 0.354. The second-order valence-corrected chi connectivity index (χ2v) is 5.92. The maximum absolute atomic E-state index is 5.40. The summed E-state index contributed by atoms with van der Waals surface area (Å²) >= 11 is 7.69. The number of thiocarbonyl (C=S) groups is 1. The number of halogens is 1. The molecule has 0 saturated carbocycles. The summed E-state index contributed by atoms with van der Waals surface area (Å²) in [5.41, 5.74) is 2.13.